The zero-order chi connectivity index (χ0) is 26.5. The summed E-state index contributed by atoms with van der Waals surface area (Å²) in [5.41, 5.74) is -1.19. The Bertz CT molecular complexity index is 1110. The van der Waals surface area contributed by atoms with E-state index >= 15 is 0 Å². The van der Waals surface area contributed by atoms with Gasteiger partial charge in [-0.3, -0.25) is 28.7 Å². The summed E-state index contributed by atoms with van der Waals surface area (Å²) < 4.78 is 31.0. The molecule has 0 bridgehead atoms. The molecule has 2 heterocycles. The van der Waals surface area contributed by atoms with Gasteiger partial charge in [0.25, 0.3) is 5.56 Å². The Morgan fingerprint density at radius 3 is 2.49 bits per heavy atom. The first-order chi connectivity index (χ1) is 16.2. The number of esters is 1. The van der Waals surface area contributed by atoms with Gasteiger partial charge in [-0.2, -0.15) is 0 Å². The Kier molecular flexibility index (Phi) is 9.59. The maximum Gasteiger partial charge on any atom is 0.330 e. The second kappa shape index (κ2) is 11.8. The lowest BCUT2D eigenvalue weighted by atomic mass is 9.99. The Labute approximate surface area is 201 Å². The summed E-state index contributed by atoms with van der Waals surface area (Å²) in [5.74, 6) is -2.96. The fraction of sp³-hybridized carbons (Fsp3) is 0.667. The lowest BCUT2D eigenvalue weighted by molar-refractivity contribution is -0.161. The van der Waals surface area contributed by atoms with Crippen molar-refractivity contribution in [3.63, 3.8) is 0 Å². The molecule has 1 aromatic heterocycles. The first kappa shape index (κ1) is 28.5. The highest BCUT2D eigenvalue weighted by atomic mass is 31.2. The van der Waals surface area contributed by atoms with Crippen LogP contribution < -0.4 is 16.6 Å². The number of carboxylic acids is 1. The van der Waals surface area contributed by atoms with Gasteiger partial charge in [-0.25, -0.2) is 4.79 Å². The largest absolute Gasteiger partial charge is 0.481 e. The van der Waals surface area contributed by atoms with E-state index in [1.54, 1.807) is 20.3 Å². The van der Waals surface area contributed by atoms with Gasteiger partial charge in [0.1, 0.15) is 18.8 Å². The molecule has 1 amide bonds. The lowest BCUT2D eigenvalue weighted by Crippen LogP contribution is -2.44. The van der Waals surface area contributed by atoms with Gasteiger partial charge in [0, 0.05) is 25.0 Å². The first-order valence-electron chi connectivity index (χ1n) is 11.0. The summed E-state index contributed by atoms with van der Waals surface area (Å²) in [6, 6.07) is 0. The van der Waals surface area contributed by atoms with E-state index in [2.05, 4.69) is 10.3 Å². The van der Waals surface area contributed by atoms with E-state index in [4.69, 9.17) is 19.3 Å². The minimum atomic E-state index is -2.55. The highest BCUT2D eigenvalue weighted by Gasteiger charge is 2.51. The molecule has 3 N–H and O–H groups in total. The monoisotopic (exact) mass is 517 g/mol. The summed E-state index contributed by atoms with van der Waals surface area (Å²) in [4.78, 5) is 61.9. The smallest absolute Gasteiger partial charge is 0.330 e. The number of ether oxygens (including phenoxy) is 3. The molecule has 14 heteroatoms. The Morgan fingerprint density at radius 2 is 1.91 bits per heavy atom. The molecule has 1 aromatic rings. The second-order valence-corrected chi connectivity index (χ2v) is 12.5. The fourth-order valence-electron chi connectivity index (χ4n) is 3.89. The van der Waals surface area contributed by atoms with Gasteiger partial charge < -0.3 is 29.2 Å². The summed E-state index contributed by atoms with van der Waals surface area (Å²) >= 11 is 0. The number of carboxylic acid groups (broad SMARTS) is 1. The maximum atomic E-state index is 12.6. The predicted octanol–water partition coefficient (Wildman–Crippen LogP) is -0.0910. The summed E-state index contributed by atoms with van der Waals surface area (Å²) in [7, 11) is -1.15. The van der Waals surface area contributed by atoms with Crippen LogP contribution in [0.2, 0.25) is 0 Å². The molecule has 35 heavy (non-hydrogen) atoms. The molecule has 196 valence electrons. The second-order valence-electron chi connectivity index (χ2n) is 9.00. The number of aromatic nitrogens is 2. The van der Waals surface area contributed by atoms with Gasteiger partial charge in [-0.15, -0.1) is 0 Å². The number of aryl methyl sites for hydroxylation is 1. The molecular weight excluding hydrogens is 485 g/mol. The van der Waals surface area contributed by atoms with Gasteiger partial charge >= 0.3 is 17.6 Å². The molecule has 1 aliphatic rings. The number of aromatic amines is 1. The molecular formula is C21H32N3O10P. The molecule has 0 radical (unpaired) electrons. The molecule has 0 spiro atoms. The number of likely N-dealkylation sites (N-methyl/N-ethyl adjacent to an activating group) is 1. The van der Waals surface area contributed by atoms with Gasteiger partial charge in [0.2, 0.25) is 5.91 Å². The molecule has 0 saturated carbocycles. The summed E-state index contributed by atoms with van der Waals surface area (Å²) in [5, 5.41) is 11.3. The topological polar surface area (TPSA) is 183 Å². The molecule has 1 fully saturated rings. The van der Waals surface area contributed by atoms with Crippen molar-refractivity contribution >= 4 is 25.0 Å². The fourth-order valence-corrected chi connectivity index (χ4v) is 5.49. The number of hydrogen-bond acceptors (Lipinski definition) is 9. The third-order valence-electron chi connectivity index (χ3n) is 5.43. The first-order valence-corrected chi connectivity index (χ1v) is 13.8. The predicted molar refractivity (Wildman–Crippen MR) is 124 cm³/mol. The number of amides is 1. The van der Waals surface area contributed by atoms with Crippen molar-refractivity contribution in [1.82, 2.24) is 14.9 Å². The number of rotatable bonds is 11. The van der Waals surface area contributed by atoms with Crippen molar-refractivity contribution < 1.29 is 38.3 Å². The molecule has 2 rings (SSSR count). The number of nitrogens with one attached hydrogen (secondary N) is 2. The third kappa shape index (κ3) is 7.87. The van der Waals surface area contributed by atoms with Gasteiger partial charge in [0.05, 0.1) is 20.0 Å². The van der Waals surface area contributed by atoms with Crippen LogP contribution in [0.5, 0.6) is 0 Å². The van der Waals surface area contributed by atoms with Crippen molar-refractivity contribution in [2.45, 2.75) is 51.2 Å². The molecule has 0 aromatic carbocycles. The average Bonchev–Trinajstić information content (AvgIpc) is 3.09. The van der Waals surface area contributed by atoms with Crippen molar-refractivity contribution in [1.29, 1.82) is 0 Å². The lowest BCUT2D eigenvalue weighted by Gasteiger charge is -2.27. The molecule has 5 atom stereocenters. The van der Waals surface area contributed by atoms with E-state index in [0.29, 0.717) is 0 Å². The zero-order valence-corrected chi connectivity index (χ0v) is 21.2. The van der Waals surface area contributed by atoms with Gasteiger partial charge in [-0.1, -0.05) is 6.92 Å². The van der Waals surface area contributed by atoms with Crippen molar-refractivity contribution in [3.05, 3.63) is 32.6 Å². The molecule has 0 aliphatic carbocycles. The Hall–Kier alpha value is -2.76. The molecule has 1 aliphatic heterocycles. The standard InChI is InChI=1S/C21H32N3O10P/c1-11-8-24(21(30)23-19(11)29)20-18(32-9-13(25)22-3)17(33-15(28)7-6-14(26)27)16(34-20)12(2)10-35(4,5)31/h8,12,16-18,20H,6-7,9-10H2,1-5H3,(H,22,25)(H,26,27)(H,23,29,30)/t12-,16-,17-,18-,20-/m1/s1. The van der Waals surface area contributed by atoms with Crippen LogP contribution in [0.15, 0.2) is 15.8 Å². The van der Waals surface area contributed by atoms with E-state index in [1.165, 1.54) is 20.2 Å². The third-order valence-corrected chi connectivity index (χ3v) is 6.89. The van der Waals surface area contributed by atoms with E-state index < -0.39 is 86.1 Å². The highest BCUT2D eigenvalue weighted by Crippen LogP contribution is 2.43. The van der Waals surface area contributed by atoms with E-state index in [1.807, 2.05) is 0 Å². The normalized spacial score (nSPS) is 23.0. The van der Waals surface area contributed by atoms with Crippen LogP contribution in [-0.4, -0.2) is 84.0 Å². The van der Waals surface area contributed by atoms with Crippen LogP contribution >= 0.6 is 7.14 Å². The van der Waals surface area contributed by atoms with Crippen LogP contribution in [0.4, 0.5) is 0 Å². The van der Waals surface area contributed by atoms with E-state index in [0.717, 1.165) is 4.57 Å². The molecule has 13 nitrogen and oxygen atoms in total. The average molecular weight is 517 g/mol. The van der Waals surface area contributed by atoms with Crippen molar-refractivity contribution in [2.75, 3.05) is 33.1 Å². The van der Waals surface area contributed by atoms with Crippen LogP contribution in [0.3, 0.4) is 0 Å². The van der Waals surface area contributed by atoms with E-state index in [-0.39, 0.29) is 11.7 Å². The zero-order valence-electron chi connectivity index (χ0n) is 20.3. The molecule has 1 saturated heterocycles. The Balaban J connectivity index is 2.51. The number of carbonyl (C=O) groups excluding carboxylic acids is 2. The maximum absolute atomic E-state index is 12.6. The van der Waals surface area contributed by atoms with Crippen LogP contribution in [0.1, 0.15) is 31.6 Å². The summed E-state index contributed by atoms with van der Waals surface area (Å²) in [6.07, 6.45) is -3.85. The van der Waals surface area contributed by atoms with Crippen molar-refractivity contribution in [2.24, 2.45) is 5.92 Å². The molecule has 0 unspecified atom stereocenters. The number of hydrogen-bond donors (Lipinski definition) is 3. The van der Waals surface area contributed by atoms with Gasteiger partial charge in [0.15, 0.2) is 12.3 Å². The van der Waals surface area contributed by atoms with Gasteiger partial charge in [-0.05, 0) is 26.2 Å². The number of aliphatic carboxylic acids is 1. The van der Waals surface area contributed by atoms with E-state index in [9.17, 15) is 28.5 Å². The number of carbonyl (C=O) groups is 3. The quantitative estimate of drug-likeness (QED) is 0.265. The number of nitrogens with zero attached hydrogens (tertiary/aromatic N) is 1. The highest BCUT2D eigenvalue weighted by molar-refractivity contribution is 7.62. The minimum absolute atomic E-state index is 0.205. The summed E-state index contributed by atoms with van der Waals surface area (Å²) in [6.45, 7) is 5.96. The number of H-pyrrole nitrogens is 1. The van der Waals surface area contributed by atoms with Crippen LogP contribution in [0.25, 0.3) is 0 Å². The van der Waals surface area contributed by atoms with Crippen molar-refractivity contribution in [3.8, 4) is 0 Å². The minimum Gasteiger partial charge on any atom is -0.481 e. The Morgan fingerprint density at radius 1 is 1.26 bits per heavy atom. The SMILES string of the molecule is CNC(=O)CO[C@@H]1[C@H](OC(=O)CCC(=O)O)[C@@H]([C@H](C)CP(C)(C)=O)O[C@H]1n1cc(C)c(=O)[nH]c1=O. The van der Waals surface area contributed by atoms with Crippen LogP contribution in [0, 0.1) is 12.8 Å². The van der Waals surface area contributed by atoms with Crippen LogP contribution in [-0.2, 0) is 33.2 Å².